The molecule has 216 valence electrons. The van der Waals surface area contributed by atoms with Crippen molar-refractivity contribution in [2.75, 3.05) is 57.7 Å². The minimum atomic E-state index is -0.489. The average Bonchev–Trinajstić information content (AvgIpc) is 3.32. The third kappa shape index (κ3) is 7.68. The van der Waals surface area contributed by atoms with E-state index in [-0.39, 0.29) is 17.7 Å². The zero-order valence-electron chi connectivity index (χ0n) is 23.7. The second kappa shape index (κ2) is 12.5. The minimum absolute atomic E-state index is 0.271. The van der Waals surface area contributed by atoms with Crippen LogP contribution in [0.15, 0.2) is 54.9 Å². The Morgan fingerprint density at radius 1 is 0.951 bits per heavy atom. The summed E-state index contributed by atoms with van der Waals surface area (Å²) in [5, 5.41) is 5.64. The average molecular weight is 561 g/mol. The van der Waals surface area contributed by atoms with Crippen LogP contribution in [0.3, 0.4) is 0 Å². The van der Waals surface area contributed by atoms with Crippen LogP contribution in [0.4, 0.5) is 10.5 Å². The van der Waals surface area contributed by atoms with Gasteiger partial charge in [0.25, 0.3) is 5.91 Å². The van der Waals surface area contributed by atoms with E-state index in [1.165, 1.54) is 0 Å². The van der Waals surface area contributed by atoms with Crippen molar-refractivity contribution in [3.05, 3.63) is 60.6 Å². The van der Waals surface area contributed by atoms with E-state index in [0.717, 1.165) is 50.3 Å². The second-order valence-electron chi connectivity index (χ2n) is 10.9. The van der Waals surface area contributed by atoms with Crippen LogP contribution in [-0.4, -0.2) is 99.2 Å². The first-order valence-electron chi connectivity index (χ1n) is 13.8. The second-order valence-corrected chi connectivity index (χ2v) is 10.9. The molecular formula is C29H36N8O4. The molecular weight excluding hydrogens is 524 g/mol. The third-order valence-corrected chi connectivity index (χ3v) is 6.62. The number of piperazine rings is 1. The Labute approximate surface area is 238 Å². The molecule has 4 heterocycles. The summed E-state index contributed by atoms with van der Waals surface area (Å²) in [5.74, 6) is 0.630. The fraction of sp³-hybridized carbons (Fsp3) is 0.414. The fourth-order valence-electron chi connectivity index (χ4n) is 4.56. The van der Waals surface area contributed by atoms with Gasteiger partial charge in [-0.1, -0.05) is 12.1 Å². The molecule has 2 N–H and O–H groups in total. The number of hydrogen-bond acceptors (Lipinski definition) is 9. The highest BCUT2D eigenvalue weighted by atomic mass is 16.6. The highest BCUT2D eigenvalue weighted by molar-refractivity contribution is 6.03. The number of amides is 2. The first kappa shape index (κ1) is 28.2. The number of imidazole rings is 1. The normalized spacial score (nSPS) is 14.7. The number of rotatable bonds is 9. The van der Waals surface area contributed by atoms with Gasteiger partial charge in [-0.2, -0.15) is 0 Å². The first-order chi connectivity index (χ1) is 19.7. The molecule has 0 bridgehead atoms. The first-order valence-corrected chi connectivity index (χ1v) is 13.8. The Hall–Kier alpha value is -4.29. The lowest BCUT2D eigenvalue weighted by molar-refractivity contribution is 0.0514. The number of hydrogen-bond donors (Lipinski definition) is 2. The Morgan fingerprint density at radius 2 is 1.71 bits per heavy atom. The van der Waals surface area contributed by atoms with Gasteiger partial charge < -0.3 is 20.1 Å². The predicted octanol–water partition coefficient (Wildman–Crippen LogP) is 3.05. The van der Waals surface area contributed by atoms with Gasteiger partial charge in [-0.15, -0.1) is 0 Å². The number of anilines is 1. The lowest BCUT2D eigenvalue weighted by Gasteiger charge is -2.34. The van der Waals surface area contributed by atoms with E-state index in [4.69, 9.17) is 9.47 Å². The lowest BCUT2D eigenvalue weighted by atomic mass is 10.2. The molecule has 0 spiro atoms. The Bertz CT molecular complexity index is 1490. The molecule has 12 nitrogen and oxygen atoms in total. The zero-order valence-corrected chi connectivity index (χ0v) is 23.7. The summed E-state index contributed by atoms with van der Waals surface area (Å²) in [6, 6.07) is 12.9. The summed E-state index contributed by atoms with van der Waals surface area (Å²) in [5.41, 5.74) is 2.09. The van der Waals surface area contributed by atoms with E-state index in [1.807, 2.05) is 49.4 Å². The molecule has 41 heavy (non-hydrogen) atoms. The van der Waals surface area contributed by atoms with E-state index in [0.29, 0.717) is 30.5 Å². The molecule has 0 aliphatic carbocycles. The summed E-state index contributed by atoms with van der Waals surface area (Å²) in [6.07, 6.45) is 2.99. The van der Waals surface area contributed by atoms with Gasteiger partial charge in [-0.05, 0) is 45.0 Å². The number of aromatic nitrogens is 4. The molecule has 1 aromatic carbocycles. The van der Waals surface area contributed by atoms with E-state index in [2.05, 4.69) is 35.4 Å². The number of ether oxygens (including phenoxy) is 2. The number of fused-ring (bicyclic) bond motifs is 3. The number of benzene rings is 1. The Kier molecular flexibility index (Phi) is 8.60. The third-order valence-electron chi connectivity index (χ3n) is 6.62. The lowest BCUT2D eigenvalue weighted by Crippen LogP contribution is -2.49. The van der Waals surface area contributed by atoms with Crippen molar-refractivity contribution in [3.63, 3.8) is 0 Å². The largest absolute Gasteiger partial charge is 0.476 e. The molecule has 4 aromatic rings. The van der Waals surface area contributed by atoms with Crippen LogP contribution >= 0.6 is 0 Å². The van der Waals surface area contributed by atoms with Crippen molar-refractivity contribution in [2.45, 2.75) is 26.4 Å². The van der Waals surface area contributed by atoms with Crippen molar-refractivity contribution in [1.29, 1.82) is 0 Å². The molecule has 0 atom stereocenters. The van der Waals surface area contributed by atoms with E-state index >= 15 is 0 Å². The van der Waals surface area contributed by atoms with Crippen LogP contribution in [0, 0.1) is 0 Å². The molecule has 1 saturated heterocycles. The van der Waals surface area contributed by atoms with Crippen LogP contribution in [-0.2, 0) is 4.74 Å². The van der Waals surface area contributed by atoms with Gasteiger partial charge in [0, 0.05) is 58.1 Å². The number of pyridine rings is 1. The molecule has 12 heteroatoms. The maximum absolute atomic E-state index is 12.8. The Morgan fingerprint density at radius 3 is 2.44 bits per heavy atom. The molecule has 1 aliphatic rings. The molecule has 1 aliphatic heterocycles. The summed E-state index contributed by atoms with van der Waals surface area (Å²) in [6.45, 7) is 12.0. The molecule has 5 rings (SSSR count). The number of alkyl carbamates (subject to hydrolysis) is 1. The highest BCUT2D eigenvalue weighted by Gasteiger charge is 2.19. The van der Waals surface area contributed by atoms with Crippen LogP contribution < -0.4 is 15.4 Å². The van der Waals surface area contributed by atoms with Gasteiger partial charge in [0.15, 0.2) is 0 Å². The van der Waals surface area contributed by atoms with Gasteiger partial charge in [0.2, 0.25) is 11.7 Å². The number of nitrogens with one attached hydrogen (secondary N) is 2. The summed E-state index contributed by atoms with van der Waals surface area (Å²) in [7, 11) is 0. The maximum Gasteiger partial charge on any atom is 0.407 e. The topological polar surface area (TPSA) is 126 Å². The van der Waals surface area contributed by atoms with Crippen molar-refractivity contribution in [2.24, 2.45) is 0 Å². The highest BCUT2D eigenvalue weighted by Crippen LogP contribution is 2.17. The summed E-state index contributed by atoms with van der Waals surface area (Å²) in [4.78, 5) is 42.4. The van der Waals surface area contributed by atoms with Gasteiger partial charge >= 0.3 is 6.09 Å². The zero-order chi connectivity index (χ0) is 28.8. The number of carbonyl (C=O) groups excluding carboxylic acids is 2. The molecule has 2 amide bonds. The quantitative estimate of drug-likeness (QED) is 0.318. The number of nitrogens with zero attached hydrogens (tertiary/aromatic N) is 6. The number of carbonyl (C=O) groups is 2. The van der Waals surface area contributed by atoms with E-state index in [9.17, 15) is 9.59 Å². The van der Waals surface area contributed by atoms with Gasteiger partial charge in [0.1, 0.15) is 17.9 Å². The van der Waals surface area contributed by atoms with Crippen molar-refractivity contribution in [3.8, 4) is 5.88 Å². The molecule has 1 fully saturated rings. The van der Waals surface area contributed by atoms with Gasteiger partial charge in [-0.25, -0.2) is 19.7 Å². The molecule has 0 unspecified atom stereocenters. The Balaban J connectivity index is 1.01. The summed E-state index contributed by atoms with van der Waals surface area (Å²) >= 11 is 0. The predicted molar refractivity (Wildman–Crippen MR) is 155 cm³/mol. The molecule has 3 aromatic heterocycles. The maximum atomic E-state index is 12.8. The van der Waals surface area contributed by atoms with Gasteiger partial charge in [-0.3, -0.25) is 19.0 Å². The molecule has 0 radical (unpaired) electrons. The van der Waals surface area contributed by atoms with E-state index in [1.54, 1.807) is 30.6 Å². The SMILES string of the molecule is CC(C)(C)OC(=O)NCCN1CCN(CCOc2ccc(NC(=O)c3ccn4c(n3)nc3ccccc34)cn2)CC1. The minimum Gasteiger partial charge on any atom is -0.476 e. The van der Waals surface area contributed by atoms with Gasteiger partial charge in [0.05, 0.1) is 22.9 Å². The smallest absolute Gasteiger partial charge is 0.407 e. The monoisotopic (exact) mass is 560 g/mol. The molecule has 0 saturated carbocycles. The standard InChI is InChI=1S/C29H36N8O4/c1-29(2,3)41-28(39)30-11-13-35-14-16-36(17-15-35)18-19-40-25-9-8-21(20-31-25)32-26(38)23-10-12-37-24-7-5-4-6-22(24)33-27(37)34-23/h4-10,12,20H,11,13-19H2,1-3H3,(H,30,39)(H,32,38). The van der Waals surface area contributed by atoms with Crippen LogP contribution in [0.2, 0.25) is 0 Å². The number of para-hydroxylation sites is 2. The van der Waals surface area contributed by atoms with Crippen LogP contribution in [0.5, 0.6) is 5.88 Å². The van der Waals surface area contributed by atoms with Crippen molar-refractivity contribution >= 4 is 34.5 Å². The van der Waals surface area contributed by atoms with E-state index < -0.39 is 5.60 Å². The van der Waals surface area contributed by atoms with Crippen molar-refractivity contribution in [1.82, 2.24) is 34.5 Å². The summed E-state index contributed by atoms with van der Waals surface area (Å²) < 4.78 is 12.9. The fourth-order valence-corrected chi connectivity index (χ4v) is 4.56. The van der Waals surface area contributed by atoms with Crippen LogP contribution in [0.25, 0.3) is 16.8 Å². The van der Waals surface area contributed by atoms with Crippen molar-refractivity contribution < 1.29 is 19.1 Å². The van der Waals surface area contributed by atoms with Crippen LogP contribution in [0.1, 0.15) is 31.3 Å².